The first-order valence-corrected chi connectivity index (χ1v) is 4.73. The van der Waals surface area contributed by atoms with Gasteiger partial charge >= 0.3 is 5.97 Å². The molecule has 0 amide bonds. The molecule has 0 aromatic rings. The van der Waals surface area contributed by atoms with Crippen molar-refractivity contribution in [3.05, 3.63) is 0 Å². The SMILES string of the molecule is CC(=O)OCC1CC(C)CC1C. The van der Waals surface area contributed by atoms with E-state index in [4.69, 9.17) is 4.74 Å². The monoisotopic (exact) mass is 170 g/mol. The molecular formula is C10H18O2. The Morgan fingerprint density at radius 3 is 2.50 bits per heavy atom. The van der Waals surface area contributed by atoms with E-state index < -0.39 is 0 Å². The van der Waals surface area contributed by atoms with Gasteiger partial charge in [-0.05, 0) is 30.6 Å². The number of carbonyl (C=O) groups excluding carboxylic acids is 1. The molecule has 0 radical (unpaired) electrons. The van der Waals surface area contributed by atoms with Gasteiger partial charge in [0.2, 0.25) is 0 Å². The molecule has 1 rings (SSSR count). The fraction of sp³-hybridized carbons (Fsp3) is 0.900. The number of hydrogen-bond acceptors (Lipinski definition) is 2. The summed E-state index contributed by atoms with van der Waals surface area (Å²) in [6.45, 7) is 6.62. The second kappa shape index (κ2) is 3.92. The molecule has 0 bridgehead atoms. The number of esters is 1. The zero-order valence-corrected chi connectivity index (χ0v) is 8.17. The molecule has 0 aliphatic heterocycles. The van der Waals surface area contributed by atoms with Gasteiger partial charge in [-0.2, -0.15) is 0 Å². The third-order valence-electron chi connectivity index (χ3n) is 2.78. The highest BCUT2D eigenvalue weighted by Crippen LogP contribution is 2.35. The summed E-state index contributed by atoms with van der Waals surface area (Å²) in [6, 6.07) is 0. The fourth-order valence-electron chi connectivity index (χ4n) is 2.13. The molecule has 70 valence electrons. The van der Waals surface area contributed by atoms with Gasteiger partial charge in [0.05, 0.1) is 6.61 Å². The van der Waals surface area contributed by atoms with Crippen LogP contribution in [0.25, 0.3) is 0 Å². The third-order valence-corrected chi connectivity index (χ3v) is 2.78. The van der Waals surface area contributed by atoms with Crippen molar-refractivity contribution in [1.82, 2.24) is 0 Å². The summed E-state index contributed by atoms with van der Waals surface area (Å²) in [6.07, 6.45) is 2.50. The molecule has 3 atom stereocenters. The van der Waals surface area contributed by atoms with E-state index in [0.29, 0.717) is 12.5 Å². The second-order valence-electron chi connectivity index (χ2n) is 4.12. The lowest BCUT2D eigenvalue weighted by molar-refractivity contribution is -0.142. The van der Waals surface area contributed by atoms with Crippen LogP contribution in [0, 0.1) is 17.8 Å². The Morgan fingerprint density at radius 1 is 1.42 bits per heavy atom. The van der Waals surface area contributed by atoms with Crippen LogP contribution >= 0.6 is 0 Å². The molecule has 1 aliphatic rings. The van der Waals surface area contributed by atoms with E-state index in [0.717, 1.165) is 11.8 Å². The number of ether oxygens (including phenoxy) is 1. The Labute approximate surface area is 74.3 Å². The van der Waals surface area contributed by atoms with Gasteiger partial charge in [-0.15, -0.1) is 0 Å². The van der Waals surface area contributed by atoms with Crippen LogP contribution in [-0.4, -0.2) is 12.6 Å². The maximum atomic E-state index is 10.6. The number of carbonyl (C=O) groups is 1. The Hall–Kier alpha value is -0.530. The number of hydrogen-bond donors (Lipinski definition) is 0. The second-order valence-corrected chi connectivity index (χ2v) is 4.12. The van der Waals surface area contributed by atoms with Crippen molar-refractivity contribution in [2.45, 2.75) is 33.6 Å². The van der Waals surface area contributed by atoms with Crippen LogP contribution in [0.3, 0.4) is 0 Å². The lowest BCUT2D eigenvalue weighted by atomic mass is 9.99. The zero-order valence-electron chi connectivity index (χ0n) is 8.17. The first-order chi connectivity index (χ1) is 5.59. The quantitative estimate of drug-likeness (QED) is 0.594. The molecule has 0 spiro atoms. The van der Waals surface area contributed by atoms with Gasteiger partial charge in [-0.3, -0.25) is 4.79 Å². The molecule has 0 N–H and O–H groups in total. The van der Waals surface area contributed by atoms with Crippen LogP contribution < -0.4 is 0 Å². The normalized spacial score (nSPS) is 35.1. The van der Waals surface area contributed by atoms with Crippen molar-refractivity contribution >= 4 is 5.97 Å². The van der Waals surface area contributed by atoms with E-state index >= 15 is 0 Å². The first-order valence-electron chi connectivity index (χ1n) is 4.73. The molecule has 3 unspecified atom stereocenters. The summed E-state index contributed by atoms with van der Waals surface area (Å²) in [4.78, 5) is 10.6. The van der Waals surface area contributed by atoms with E-state index in [1.54, 1.807) is 0 Å². The van der Waals surface area contributed by atoms with Gasteiger partial charge in [0.1, 0.15) is 0 Å². The summed E-state index contributed by atoms with van der Waals surface area (Å²) in [5.74, 6) is 1.98. The highest BCUT2D eigenvalue weighted by molar-refractivity contribution is 5.65. The molecule has 1 aliphatic carbocycles. The predicted octanol–water partition coefficient (Wildman–Crippen LogP) is 2.23. The van der Waals surface area contributed by atoms with Gasteiger partial charge in [0.15, 0.2) is 0 Å². The summed E-state index contributed by atoms with van der Waals surface area (Å²) in [5, 5.41) is 0. The van der Waals surface area contributed by atoms with Gasteiger partial charge in [-0.1, -0.05) is 13.8 Å². The Balaban J connectivity index is 2.28. The van der Waals surface area contributed by atoms with Crippen molar-refractivity contribution in [1.29, 1.82) is 0 Å². The molecule has 0 saturated heterocycles. The topological polar surface area (TPSA) is 26.3 Å². The van der Waals surface area contributed by atoms with Crippen LogP contribution in [0.1, 0.15) is 33.6 Å². The van der Waals surface area contributed by atoms with Crippen molar-refractivity contribution < 1.29 is 9.53 Å². The minimum Gasteiger partial charge on any atom is -0.466 e. The zero-order chi connectivity index (χ0) is 9.14. The molecule has 1 saturated carbocycles. The first kappa shape index (κ1) is 9.56. The lowest BCUT2D eigenvalue weighted by Gasteiger charge is -2.13. The molecule has 1 fully saturated rings. The summed E-state index contributed by atoms with van der Waals surface area (Å²) in [5.41, 5.74) is 0. The molecular weight excluding hydrogens is 152 g/mol. The van der Waals surface area contributed by atoms with Crippen molar-refractivity contribution in [3.63, 3.8) is 0 Å². The maximum Gasteiger partial charge on any atom is 0.302 e. The average Bonchev–Trinajstić information content (AvgIpc) is 2.26. The summed E-state index contributed by atoms with van der Waals surface area (Å²) < 4.78 is 5.01. The molecule has 2 nitrogen and oxygen atoms in total. The van der Waals surface area contributed by atoms with Crippen LogP contribution in [0.15, 0.2) is 0 Å². The van der Waals surface area contributed by atoms with Gasteiger partial charge in [-0.25, -0.2) is 0 Å². The number of rotatable bonds is 2. The smallest absolute Gasteiger partial charge is 0.302 e. The maximum absolute atomic E-state index is 10.6. The van der Waals surface area contributed by atoms with E-state index in [2.05, 4.69) is 13.8 Å². The highest BCUT2D eigenvalue weighted by Gasteiger charge is 2.29. The third kappa shape index (κ3) is 2.50. The minimum absolute atomic E-state index is 0.151. The van der Waals surface area contributed by atoms with Crippen LogP contribution in [0.2, 0.25) is 0 Å². The van der Waals surface area contributed by atoms with Gasteiger partial charge in [0, 0.05) is 6.92 Å². The largest absolute Gasteiger partial charge is 0.466 e. The van der Waals surface area contributed by atoms with Crippen LogP contribution in [0.5, 0.6) is 0 Å². The minimum atomic E-state index is -0.151. The Morgan fingerprint density at radius 2 is 2.08 bits per heavy atom. The van der Waals surface area contributed by atoms with Crippen molar-refractivity contribution in [2.24, 2.45) is 17.8 Å². The predicted molar refractivity (Wildman–Crippen MR) is 47.7 cm³/mol. The van der Waals surface area contributed by atoms with Crippen molar-refractivity contribution in [2.75, 3.05) is 6.61 Å². The Bertz CT molecular complexity index is 165. The van der Waals surface area contributed by atoms with E-state index in [1.807, 2.05) is 0 Å². The molecule has 0 heterocycles. The van der Waals surface area contributed by atoms with Gasteiger partial charge in [0.25, 0.3) is 0 Å². The Kier molecular flexibility index (Phi) is 3.12. The van der Waals surface area contributed by atoms with Gasteiger partial charge < -0.3 is 4.74 Å². The summed E-state index contributed by atoms with van der Waals surface area (Å²) in [7, 11) is 0. The lowest BCUT2D eigenvalue weighted by Crippen LogP contribution is -2.14. The van der Waals surface area contributed by atoms with Crippen molar-refractivity contribution in [3.8, 4) is 0 Å². The van der Waals surface area contributed by atoms with Crippen LogP contribution in [-0.2, 0) is 9.53 Å². The molecule has 12 heavy (non-hydrogen) atoms. The molecule has 0 aromatic heterocycles. The highest BCUT2D eigenvalue weighted by atomic mass is 16.5. The summed E-state index contributed by atoms with van der Waals surface area (Å²) >= 11 is 0. The van der Waals surface area contributed by atoms with E-state index in [-0.39, 0.29) is 5.97 Å². The fourth-order valence-corrected chi connectivity index (χ4v) is 2.13. The van der Waals surface area contributed by atoms with E-state index in [1.165, 1.54) is 19.8 Å². The van der Waals surface area contributed by atoms with Crippen LogP contribution in [0.4, 0.5) is 0 Å². The standard InChI is InChI=1S/C10H18O2/c1-7-4-8(2)10(5-7)6-12-9(3)11/h7-8,10H,4-6H2,1-3H3. The molecule has 2 heteroatoms. The average molecular weight is 170 g/mol. The van der Waals surface area contributed by atoms with E-state index in [9.17, 15) is 4.79 Å². The molecule has 0 aromatic carbocycles.